The van der Waals surface area contributed by atoms with Crippen LogP contribution in [-0.4, -0.2) is 22.0 Å². The first-order chi connectivity index (χ1) is 19.7. The van der Waals surface area contributed by atoms with E-state index in [0.717, 1.165) is 54.6 Å². The molecule has 3 aromatic rings. The van der Waals surface area contributed by atoms with Gasteiger partial charge in [0.25, 0.3) is 0 Å². The van der Waals surface area contributed by atoms with Crippen LogP contribution in [0.3, 0.4) is 0 Å². The molecule has 0 aromatic heterocycles. The average Bonchev–Trinajstić information content (AvgIpc) is 2.93. The summed E-state index contributed by atoms with van der Waals surface area (Å²) in [6.45, 7) is -1.35. The SMILES string of the molecule is FC(F)(F)c1cccc(COB2OB(OCc3cccc(C(F)(F)F)c3)OB(OCc3cccc(C(F)(F)F)c3)O2)c1. The molecule has 1 aliphatic rings. The third-order valence-corrected chi connectivity index (χ3v) is 5.59. The van der Waals surface area contributed by atoms with E-state index in [1.54, 1.807) is 0 Å². The van der Waals surface area contributed by atoms with Gasteiger partial charge >= 0.3 is 40.5 Å². The van der Waals surface area contributed by atoms with E-state index in [1.165, 1.54) is 18.2 Å². The van der Waals surface area contributed by atoms with Gasteiger partial charge in [-0.1, -0.05) is 36.4 Å². The lowest BCUT2D eigenvalue weighted by molar-refractivity contribution is -0.138. The van der Waals surface area contributed by atoms with Crippen molar-refractivity contribution in [3.8, 4) is 0 Å². The second-order valence-electron chi connectivity index (χ2n) is 8.80. The van der Waals surface area contributed by atoms with Crippen molar-refractivity contribution in [3.05, 3.63) is 106 Å². The van der Waals surface area contributed by atoms with Gasteiger partial charge in [-0.05, 0) is 53.1 Å². The van der Waals surface area contributed by atoms with Crippen LogP contribution >= 0.6 is 0 Å². The Morgan fingerprint density at radius 2 is 0.714 bits per heavy atom. The zero-order valence-electron chi connectivity index (χ0n) is 21.1. The van der Waals surface area contributed by atoms with E-state index in [9.17, 15) is 39.5 Å². The summed E-state index contributed by atoms with van der Waals surface area (Å²) in [6, 6.07) is 12.6. The van der Waals surface area contributed by atoms with Crippen LogP contribution in [0.2, 0.25) is 0 Å². The fraction of sp³-hybridized carbons (Fsp3) is 0.250. The topological polar surface area (TPSA) is 55.4 Å². The third-order valence-electron chi connectivity index (χ3n) is 5.59. The van der Waals surface area contributed by atoms with Gasteiger partial charge in [0, 0.05) is 0 Å². The Balaban J connectivity index is 1.43. The van der Waals surface area contributed by atoms with Gasteiger partial charge in [-0.25, -0.2) is 0 Å². The van der Waals surface area contributed by atoms with Gasteiger partial charge in [0.1, 0.15) is 0 Å². The smallest absolute Gasteiger partial charge is 0.400 e. The summed E-state index contributed by atoms with van der Waals surface area (Å²) >= 11 is 0. The largest absolute Gasteiger partial charge is 0.615 e. The minimum atomic E-state index is -4.60. The molecule has 18 heteroatoms. The molecule has 1 heterocycles. The summed E-state index contributed by atoms with van der Waals surface area (Å²) in [5.74, 6) is 0. The number of halogens is 9. The van der Waals surface area contributed by atoms with Crippen molar-refractivity contribution in [2.75, 3.05) is 0 Å². The fourth-order valence-corrected chi connectivity index (χ4v) is 3.61. The van der Waals surface area contributed by atoms with Crippen molar-refractivity contribution in [1.82, 2.24) is 0 Å². The summed E-state index contributed by atoms with van der Waals surface area (Å²) < 4.78 is 149. The second kappa shape index (κ2) is 13.1. The standard InChI is InChI=1S/C24H18B3F9O6/c28-22(29,30)19-7-1-4-16(10-19)13-37-25-40-26(38-14-17-5-2-8-20(11-17)23(31,32)33)42-27(41-25)39-15-18-6-3-9-21(12-18)24(34,35)36/h1-12H,13-15H2. The van der Waals surface area contributed by atoms with E-state index in [-0.39, 0.29) is 16.7 Å². The monoisotopic (exact) mass is 606 g/mol. The first-order valence-electron chi connectivity index (χ1n) is 12.0. The second-order valence-corrected chi connectivity index (χ2v) is 8.80. The van der Waals surface area contributed by atoms with E-state index in [4.69, 9.17) is 27.7 Å². The van der Waals surface area contributed by atoms with Gasteiger partial charge in [-0.3, -0.25) is 0 Å². The Bertz CT molecular complexity index is 1170. The molecule has 0 amide bonds. The molecule has 4 rings (SSSR count). The van der Waals surface area contributed by atoms with Crippen LogP contribution < -0.4 is 0 Å². The number of benzene rings is 3. The molecule has 222 valence electrons. The lowest BCUT2D eigenvalue weighted by Crippen LogP contribution is -2.52. The first-order valence-corrected chi connectivity index (χ1v) is 12.0. The van der Waals surface area contributed by atoms with Crippen molar-refractivity contribution in [2.24, 2.45) is 0 Å². The van der Waals surface area contributed by atoms with Crippen molar-refractivity contribution in [2.45, 2.75) is 38.3 Å². The lowest BCUT2D eigenvalue weighted by atomic mass is 9.96. The zero-order valence-corrected chi connectivity index (χ0v) is 21.1. The van der Waals surface area contributed by atoms with Crippen molar-refractivity contribution in [1.29, 1.82) is 0 Å². The molecule has 0 aliphatic carbocycles. The Morgan fingerprint density at radius 3 is 0.952 bits per heavy atom. The third kappa shape index (κ3) is 9.24. The van der Waals surface area contributed by atoms with Crippen LogP contribution in [0.1, 0.15) is 33.4 Å². The molecule has 1 fully saturated rings. The molecule has 0 atom stereocenters. The quantitative estimate of drug-likeness (QED) is 0.200. The number of rotatable bonds is 9. The van der Waals surface area contributed by atoms with Crippen LogP contribution in [-0.2, 0) is 66.0 Å². The van der Waals surface area contributed by atoms with E-state index >= 15 is 0 Å². The van der Waals surface area contributed by atoms with Crippen LogP contribution in [0.4, 0.5) is 39.5 Å². The number of hydrogen-bond donors (Lipinski definition) is 0. The van der Waals surface area contributed by atoms with Gasteiger partial charge in [0.15, 0.2) is 0 Å². The van der Waals surface area contributed by atoms with E-state index in [1.807, 2.05) is 0 Å². The van der Waals surface area contributed by atoms with Gasteiger partial charge < -0.3 is 27.7 Å². The maximum absolute atomic E-state index is 13.0. The number of hydrogen-bond acceptors (Lipinski definition) is 6. The predicted octanol–water partition coefficient (Wildman–Crippen LogP) is 6.71. The lowest BCUT2D eigenvalue weighted by Gasteiger charge is -2.28. The van der Waals surface area contributed by atoms with Crippen LogP contribution in [0.15, 0.2) is 72.8 Å². The summed E-state index contributed by atoms with van der Waals surface area (Å²) in [7, 11) is -5.02. The molecule has 3 aromatic carbocycles. The Labute approximate surface area is 234 Å². The molecule has 1 saturated heterocycles. The first kappa shape index (κ1) is 31.9. The highest BCUT2D eigenvalue weighted by molar-refractivity contribution is 6.66. The molecule has 0 bridgehead atoms. The predicted molar refractivity (Wildman–Crippen MR) is 129 cm³/mol. The maximum atomic E-state index is 13.0. The Kier molecular flexibility index (Phi) is 9.95. The molecule has 6 nitrogen and oxygen atoms in total. The minimum Gasteiger partial charge on any atom is -0.400 e. The summed E-state index contributed by atoms with van der Waals surface area (Å²) in [4.78, 5) is 0. The van der Waals surface area contributed by atoms with Gasteiger partial charge in [-0.2, -0.15) is 39.5 Å². The minimum absolute atomic E-state index is 0.0892. The highest BCUT2D eigenvalue weighted by Crippen LogP contribution is 2.32. The molecule has 0 unspecified atom stereocenters. The normalized spacial score (nSPS) is 14.9. The van der Waals surface area contributed by atoms with E-state index in [0.29, 0.717) is 0 Å². The van der Waals surface area contributed by atoms with Gasteiger partial charge in [0.05, 0.1) is 36.5 Å². The van der Waals surface area contributed by atoms with E-state index in [2.05, 4.69) is 0 Å². The van der Waals surface area contributed by atoms with Crippen LogP contribution in [0.5, 0.6) is 0 Å². The van der Waals surface area contributed by atoms with E-state index < -0.39 is 77.0 Å². The van der Waals surface area contributed by atoms with Crippen molar-refractivity contribution in [3.63, 3.8) is 0 Å². The Morgan fingerprint density at radius 1 is 0.452 bits per heavy atom. The molecule has 0 saturated carbocycles. The molecule has 0 spiro atoms. The number of alkyl halides is 9. The molecule has 1 aliphatic heterocycles. The summed E-state index contributed by atoms with van der Waals surface area (Å²) in [5.41, 5.74) is -2.52. The van der Waals surface area contributed by atoms with Crippen LogP contribution in [0.25, 0.3) is 0 Å². The molecular formula is C24H18B3F9O6. The van der Waals surface area contributed by atoms with Crippen molar-refractivity contribution >= 4 is 22.0 Å². The van der Waals surface area contributed by atoms with Gasteiger partial charge in [0.2, 0.25) is 0 Å². The van der Waals surface area contributed by atoms with Crippen molar-refractivity contribution < 1.29 is 67.2 Å². The molecule has 0 N–H and O–H groups in total. The fourth-order valence-electron chi connectivity index (χ4n) is 3.61. The maximum Gasteiger partial charge on any atom is 0.615 e. The highest BCUT2D eigenvalue weighted by Gasteiger charge is 2.47. The summed E-state index contributed by atoms with van der Waals surface area (Å²) in [6.07, 6.45) is -13.8. The van der Waals surface area contributed by atoms with Gasteiger partial charge in [-0.15, -0.1) is 0 Å². The summed E-state index contributed by atoms with van der Waals surface area (Å²) in [5, 5.41) is 0. The highest BCUT2D eigenvalue weighted by atomic mass is 19.4. The molecule has 0 radical (unpaired) electrons. The molecule has 42 heavy (non-hydrogen) atoms. The average molecular weight is 606 g/mol. The Hall–Kier alpha value is -3.02. The zero-order chi connectivity index (χ0) is 30.5. The molecular weight excluding hydrogens is 588 g/mol. The van der Waals surface area contributed by atoms with Crippen LogP contribution in [0, 0.1) is 0 Å².